The summed E-state index contributed by atoms with van der Waals surface area (Å²) in [5.41, 5.74) is 3.58. The summed E-state index contributed by atoms with van der Waals surface area (Å²) in [6.45, 7) is 0. The van der Waals surface area contributed by atoms with Gasteiger partial charge in [0.2, 0.25) is 5.91 Å². The number of nitrogens with one attached hydrogen (secondary N) is 2. The van der Waals surface area contributed by atoms with Crippen LogP contribution in [0.3, 0.4) is 0 Å². The number of benzene rings is 5. The molecule has 1 aromatic heterocycles. The van der Waals surface area contributed by atoms with E-state index in [4.69, 9.17) is 0 Å². The number of carbonyl (C=O) groups is 3. The summed E-state index contributed by atoms with van der Waals surface area (Å²) in [6.07, 6.45) is 1.63. The van der Waals surface area contributed by atoms with Gasteiger partial charge < -0.3 is 10.6 Å². The first kappa shape index (κ1) is 29.2. The lowest BCUT2D eigenvalue weighted by Crippen LogP contribution is -2.30. The number of nitrogens with zero attached hydrogens (tertiary/aromatic N) is 1. The first-order valence-electron chi connectivity index (χ1n) is 13.9. The Kier molecular flexibility index (Phi) is 8.72. The van der Waals surface area contributed by atoms with E-state index in [1.807, 2.05) is 97.1 Å². The molecule has 6 nitrogen and oxygen atoms in total. The zero-order valence-corrected chi connectivity index (χ0v) is 25.8. The number of hydrogen-bond donors (Lipinski definition) is 2. The lowest BCUT2D eigenvalue weighted by Gasteiger charge is -2.12. The molecule has 0 atom stereocenters. The second-order valence-electron chi connectivity index (χ2n) is 9.96. The molecule has 2 N–H and O–H groups in total. The molecule has 44 heavy (non-hydrogen) atoms. The Morgan fingerprint density at radius 3 is 2.05 bits per heavy atom. The van der Waals surface area contributed by atoms with Crippen LogP contribution in [0.15, 0.2) is 142 Å². The van der Waals surface area contributed by atoms with Gasteiger partial charge in [-0.1, -0.05) is 88.7 Å². The number of anilines is 1. The fraction of sp³-hybridized carbons (Fsp3) is 0.0278. The smallest absolute Gasteiger partial charge is 0.272 e. The van der Waals surface area contributed by atoms with Crippen molar-refractivity contribution in [2.75, 3.05) is 11.1 Å². The second-order valence-corrected chi connectivity index (χ2v) is 11.9. The molecule has 216 valence electrons. The predicted octanol–water partition coefficient (Wildman–Crippen LogP) is 8.40. The van der Waals surface area contributed by atoms with Crippen LogP contribution in [0.25, 0.3) is 27.9 Å². The SMILES string of the molecule is O=C(Nc1cccc(SCC(=O)n2c3ccccc3c3ccccc32)c1)/C(=C/c1ccc(Br)cc1)NC(=O)c1ccccc1. The van der Waals surface area contributed by atoms with E-state index in [-0.39, 0.29) is 17.4 Å². The summed E-state index contributed by atoms with van der Waals surface area (Å²) >= 11 is 4.82. The van der Waals surface area contributed by atoms with Gasteiger partial charge in [-0.05, 0) is 66.2 Å². The first-order valence-corrected chi connectivity index (χ1v) is 15.6. The molecular formula is C36H26BrN3O3S. The summed E-state index contributed by atoms with van der Waals surface area (Å²) in [6, 6.07) is 39.3. The van der Waals surface area contributed by atoms with Crippen molar-refractivity contribution in [3.05, 3.63) is 149 Å². The van der Waals surface area contributed by atoms with Crippen molar-refractivity contribution in [1.29, 1.82) is 0 Å². The molecule has 1 heterocycles. The zero-order chi connectivity index (χ0) is 30.5. The van der Waals surface area contributed by atoms with Crippen molar-refractivity contribution < 1.29 is 14.4 Å². The summed E-state index contributed by atoms with van der Waals surface area (Å²) in [5.74, 6) is -0.690. The van der Waals surface area contributed by atoms with Gasteiger partial charge in [0, 0.05) is 31.4 Å². The number of thioether (sulfide) groups is 1. The molecule has 5 aromatic carbocycles. The Morgan fingerprint density at radius 2 is 1.36 bits per heavy atom. The van der Waals surface area contributed by atoms with Crippen LogP contribution in [0.5, 0.6) is 0 Å². The predicted molar refractivity (Wildman–Crippen MR) is 182 cm³/mol. The van der Waals surface area contributed by atoms with E-state index in [2.05, 4.69) is 26.6 Å². The molecule has 0 unspecified atom stereocenters. The van der Waals surface area contributed by atoms with Crippen LogP contribution >= 0.6 is 27.7 Å². The summed E-state index contributed by atoms with van der Waals surface area (Å²) in [5, 5.41) is 7.74. The highest BCUT2D eigenvalue weighted by Crippen LogP contribution is 2.30. The van der Waals surface area contributed by atoms with E-state index in [0.29, 0.717) is 11.3 Å². The van der Waals surface area contributed by atoms with Gasteiger partial charge in [0.25, 0.3) is 11.8 Å². The summed E-state index contributed by atoms with van der Waals surface area (Å²) < 4.78 is 2.68. The molecule has 0 saturated carbocycles. The molecule has 6 aromatic rings. The zero-order valence-electron chi connectivity index (χ0n) is 23.4. The normalized spacial score (nSPS) is 11.4. The molecule has 0 aliphatic heterocycles. The molecule has 0 saturated heterocycles. The van der Waals surface area contributed by atoms with Crippen LogP contribution in [0.4, 0.5) is 5.69 Å². The molecular weight excluding hydrogens is 634 g/mol. The average Bonchev–Trinajstić information content (AvgIpc) is 3.39. The fourth-order valence-corrected chi connectivity index (χ4v) is 6.00. The molecule has 6 rings (SSSR count). The summed E-state index contributed by atoms with van der Waals surface area (Å²) in [7, 11) is 0. The van der Waals surface area contributed by atoms with Gasteiger partial charge in [0.1, 0.15) is 5.70 Å². The minimum absolute atomic E-state index is 0.0369. The molecule has 0 radical (unpaired) electrons. The number of fused-ring (bicyclic) bond motifs is 3. The van der Waals surface area contributed by atoms with Crippen molar-refractivity contribution in [2.45, 2.75) is 4.90 Å². The number of aromatic nitrogens is 1. The van der Waals surface area contributed by atoms with Crippen molar-refractivity contribution in [3.8, 4) is 0 Å². The Morgan fingerprint density at radius 1 is 0.727 bits per heavy atom. The van der Waals surface area contributed by atoms with Crippen molar-refractivity contribution in [1.82, 2.24) is 9.88 Å². The van der Waals surface area contributed by atoms with Crippen LogP contribution < -0.4 is 10.6 Å². The maximum absolute atomic E-state index is 13.5. The Bertz CT molecular complexity index is 1980. The number of carbonyl (C=O) groups excluding carboxylic acids is 3. The highest BCUT2D eigenvalue weighted by molar-refractivity contribution is 9.10. The van der Waals surface area contributed by atoms with Gasteiger partial charge in [0.05, 0.1) is 16.8 Å². The van der Waals surface area contributed by atoms with E-state index in [1.54, 1.807) is 41.0 Å². The third-order valence-corrected chi connectivity index (χ3v) is 8.50. The number of hydrogen-bond acceptors (Lipinski definition) is 4. The highest BCUT2D eigenvalue weighted by Gasteiger charge is 2.17. The molecule has 0 fully saturated rings. The van der Waals surface area contributed by atoms with Crippen LogP contribution in [-0.2, 0) is 4.79 Å². The fourth-order valence-electron chi connectivity index (χ4n) is 4.93. The van der Waals surface area contributed by atoms with Crippen LogP contribution in [0.2, 0.25) is 0 Å². The van der Waals surface area contributed by atoms with Crippen LogP contribution in [0.1, 0.15) is 20.7 Å². The largest absolute Gasteiger partial charge is 0.321 e. The van der Waals surface area contributed by atoms with E-state index < -0.39 is 11.8 Å². The van der Waals surface area contributed by atoms with E-state index in [0.717, 1.165) is 36.7 Å². The minimum atomic E-state index is -0.472. The molecule has 8 heteroatoms. The van der Waals surface area contributed by atoms with E-state index in [9.17, 15) is 14.4 Å². The molecule has 0 aliphatic rings. The number of para-hydroxylation sites is 2. The topological polar surface area (TPSA) is 80.2 Å². The summed E-state index contributed by atoms with van der Waals surface area (Å²) in [4.78, 5) is 40.7. The Hall–Kier alpha value is -4.92. The number of halogens is 1. The molecule has 0 spiro atoms. The first-order chi connectivity index (χ1) is 21.5. The third-order valence-electron chi connectivity index (χ3n) is 6.99. The Balaban J connectivity index is 1.19. The molecule has 0 bridgehead atoms. The monoisotopic (exact) mass is 659 g/mol. The van der Waals surface area contributed by atoms with Crippen molar-refractivity contribution in [2.24, 2.45) is 0 Å². The van der Waals surface area contributed by atoms with Crippen LogP contribution in [0, 0.1) is 0 Å². The van der Waals surface area contributed by atoms with Crippen LogP contribution in [-0.4, -0.2) is 28.0 Å². The van der Waals surface area contributed by atoms with Gasteiger partial charge in [-0.15, -0.1) is 11.8 Å². The highest BCUT2D eigenvalue weighted by atomic mass is 79.9. The van der Waals surface area contributed by atoms with Gasteiger partial charge >= 0.3 is 0 Å². The van der Waals surface area contributed by atoms with Crippen molar-refractivity contribution in [3.63, 3.8) is 0 Å². The van der Waals surface area contributed by atoms with E-state index in [1.165, 1.54) is 11.8 Å². The van der Waals surface area contributed by atoms with Gasteiger partial charge in [-0.2, -0.15) is 0 Å². The number of amides is 2. The minimum Gasteiger partial charge on any atom is -0.321 e. The maximum Gasteiger partial charge on any atom is 0.272 e. The van der Waals surface area contributed by atoms with Crippen molar-refractivity contribution >= 4 is 79.0 Å². The maximum atomic E-state index is 13.5. The lowest BCUT2D eigenvalue weighted by atomic mass is 10.1. The van der Waals surface area contributed by atoms with E-state index >= 15 is 0 Å². The standard InChI is InChI=1S/C36H26BrN3O3S/c37-26-19-17-24(18-20-26)21-31(39-35(42)25-9-2-1-3-10-25)36(43)38-27-11-8-12-28(22-27)44-23-34(41)40-32-15-6-4-13-29(32)30-14-5-7-16-33(30)40/h1-22H,23H2,(H,38,43)(H,39,42)/b31-21-. The van der Waals surface area contributed by atoms with Gasteiger partial charge in [-0.3, -0.25) is 19.0 Å². The lowest BCUT2D eigenvalue weighted by molar-refractivity contribution is -0.113. The van der Waals surface area contributed by atoms with Gasteiger partial charge in [0.15, 0.2) is 0 Å². The number of rotatable bonds is 8. The third kappa shape index (κ3) is 6.51. The average molecular weight is 661 g/mol. The molecule has 2 amide bonds. The second kappa shape index (κ2) is 13.2. The quantitative estimate of drug-likeness (QED) is 0.127. The van der Waals surface area contributed by atoms with Gasteiger partial charge in [-0.25, -0.2) is 0 Å². The Labute approximate surface area is 266 Å². The molecule has 0 aliphatic carbocycles.